The molecule has 0 atom stereocenters. The topological polar surface area (TPSA) is 99.7 Å². The average molecular weight is 353 g/mol. The van der Waals surface area contributed by atoms with Crippen LogP contribution in [0.3, 0.4) is 0 Å². The summed E-state index contributed by atoms with van der Waals surface area (Å²) in [5.41, 5.74) is 11.6. The van der Waals surface area contributed by atoms with Crippen LogP contribution in [0.2, 0.25) is 0 Å². The van der Waals surface area contributed by atoms with Gasteiger partial charge >= 0.3 is 0 Å². The van der Waals surface area contributed by atoms with E-state index in [9.17, 15) is 0 Å². The number of anilines is 2. The maximum absolute atomic E-state index is 7.23. The van der Waals surface area contributed by atoms with E-state index in [-0.39, 0.29) is 6.10 Å². The molecule has 3 rings (SSSR count). The second-order valence-electron chi connectivity index (χ2n) is 6.08. The molecule has 8 heteroatoms. The molecule has 2 aromatic heterocycles. The first-order valence-electron chi connectivity index (χ1n) is 8.52. The predicted octanol–water partition coefficient (Wildman–Crippen LogP) is 3.94. The van der Waals surface area contributed by atoms with Crippen LogP contribution in [0.4, 0.5) is 17.3 Å². The summed E-state index contributed by atoms with van der Waals surface area (Å²) in [6.07, 6.45) is 3.92. The third kappa shape index (κ3) is 3.80. The lowest BCUT2D eigenvalue weighted by molar-refractivity contribution is 0.0869. The highest BCUT2D eigenvalue weighted by atomic mass is 16.5. The van der Waals surface area contributed by atoms with Crippen molar-refractivity contribution in [1.82, 2.24) is 14.6 Å². The van der Waals surface area contributed by atoms with Crippen molar-refractivity contribution in [3.05, 3.63) is 36.7 Å². The largest absolute Gasteiger partial charge is 0.386 e. The lowest BCUT2D eigenvalue weighted by Crippen LogP contribution is -2.15. The van der Waals surface area contributed by atoms with Crippen molar-refractivity contribution in [3.8, 4) is 11.1 Å². The zero-order valence-corrected chi connectivity index (χ0v) is 15.2. The van der Waals surface area contributed by atoms with Gasteiger partial charge < -0.3 is 15.4 Å². The fourth-order valence-electron chi connectivity index (χ4n) is 2.68. The molecular formula is C18H23N7O. The van der Waals surface area contributed by atoms with Crippen LogP contribution < -0.4 is 10.6 Å². The third-order valence-corrected chi connectivity index (χ3v) is 3.95. The highest BCUT2D eigenvalue weighted by molar-refractivity contribution is 5.84. The van der Waals surface area contributed by atoms with Gasteiger partial charge in [-0.15, -0.1) is 5.10 Å². The fourth-order valence-corrected chi connectivity index (χ4v) is 2.68. The molecule has 26 heavy (non-hydrogen) atoms. The number of fused-ring (bicyclic) bond motifs is 1. The Kier molecular flexibility index (Phi) is 5.43. The summed E-state index contributed by atoms with van der Waals surface area (Å²) in [4.78, 5) is 4.40. The number of hydrogen-bond donors (Lipinski definition) is 3. The van der Waals surface area contributed by atoms with Crippen molar-refractivity contribution in [1.29, 1.82) is 5.53 Å². The van der Waals surface area contributed by atoms with Gasteiger partial charge in [0, 0.05) is 25.4 Å². The first kappa shape index (κ1) is 17.8. The van der Waals surface area contributed by atoms with E-state index < -0.39 is 0 Å². The van der Waals surface area contributed by atoms with E-state index in [0.29, 0.717) is 24.8 Å². The van der Waals surface area contributed by atoms with Gasteiger partial charge in [-0.25, -0.2) is 15.0 Å². The predicted molar refractivity (Wildman–Crippen MR) is 102 cm³/mol. The number of benzene rings is 1. The van der Waals surface area contributed by atoms with Gasteiger partial charge in [0.15, 0.2) is 0 Å². The molecule has 0 saturated heterocycles. The molecule has 3 aromatic rings. The molecule has 8 nitrogen and oxygen atoms in total. The van der Waals surface area contributed by atoms with Crippen LogP contribution >= 0.6 is 0 Å². The molecule has 0 aliphatic heterocycles. The molecule has 0 radical (unpaired) electrons. The molecule has 2 heterocycles. The van der Waals surface area contributed by atoms with Crippen LogP contribution in [-0.4, -0.2) is 40.9 Å². The minimum atomic E-state index is 0.212. The molecule has 1 aromatic carbocycles. The highest BCUT2D eigenvalue weighted by Gasteiger charge is 2.10. The van der Waals surface area contributed by atoms with Gasteiger partial charge in [-0.2, -0.15) is 5.11 Å². The van der Waals surface area contributed by atoms with Crippen molar-refractivity contribution in [2.24, 2.45) is 5.11 Å². The summed E-state index contributed by atoms with van der Waals surface area (Å²) in [6, 6.07) is 7.74. The Morgan fingerprint density at radius 2 is 2.15 bits per heavy atom. The Morgan fingerprint density at radius 3 is 2.88 bits per heavy atom. The third-order valence-electron chi connectivity index (χ3n) is 3.95. The molecule has 0 unspecified atom stereocenters. The Bertz CT molecular complexity index is 904. The van der Waals surface area contributed by atoms with Crippen LogP contribution in [0.25, 0.3) is 16.6 Å². The van der Waals surface area contributed by atoms with Gasteiger partial charge in [-0.05, 0) is 37.6 Å². The Hall–Kier alpha value is -3.00. The lowest BCUT2D eigenvalue weighted by Gasteiger charge is -2.09. The van der Waals surface area contributed by atoms with E-state index >= 15 is 0 Å². The van der Waals surface area contributed by atoms with Crippen molar-refractivity contribution in [2.45, 2.75) is 20.0 Å². The van der Waals surface area contributed by atoms with E-state index in [4.69, 9.17) is 10.3 Å². The number of hydrogen-bond acceptors (Lipinski definition) is 7. The van der Waals surface area contributed by atoms with Crippen molar-refractivity contribution in [2.75, 3.05) is 30.8 Å². The van der Waals surface area contributed by atoms with E-state index in [1.807, 2.05) is 51.4 Å². The van der Waals surface area contributed by atoms with Gasteiger partial charge in [0.05, 0.1) is 30.1 Å². The second-order valence-corrected chi connectivity index (χ2v) is 6.08. The quantitative estimate of drug-likeness (QED) is 0.421. The second kappa shape index (κ2) is 7.92. The number of rotatable bonds is 8. The Labute approximate surface area is 152 Å². The SMILES string of the molecule is CNc1cc(-c2ccn3nc(NCCOC(C)C)ncc23)ccc1N=N. The van der Waals surface area contributed by atoms with Gasteiger partial charge in [0.2, 0.25) is 5.95 Å². The smallest absolute Gasteiger partial charge is 0.241 e. The highest BCUT2D eigenvalue weighted by Crippen LogP contribution is 2.32. The zero-order chi connectivity index (χ0) is 18.5. The fraction of sp³-hybridized carbons (Fsp3) is 0.333. The summed E-state index contributed by atoms with van der Waals surface area (Å²) in [5.74, 6) is 0.561. The average Bonchev–Trinajstić information content (AvgIpc) is 3.07. The van der Waals surface area contributed by atoms with E-state index in [1.54, 1.807) is 10.7 Å². The summed E-state index contributed by atoms with van der Waals surface area (Å²) in [5, 5.41) is 14.2. The Morgan fingerprint density at radius 1 is 1.31 bits per heavy atom. The number of aromatic nitrogens is 3. The summed E-state index contributed by atoms with van der Waals surface area (Å²) >= 11 is 0. The Balaban J connectivity index is 1.82. The molecule has 0 saturated carbocycles. The lowest BCUT2D eigenvalue weighted by atomic mass is 10.1. The van der Waals surface area contributed by atoms with E-state index in [1.165, 1.54) is 0 Å². The normalized spacial score (nSPS) is 11.1. The van der Waals surface area contributed by atoms with Gasteiger partial charge in [-0.3, -0.25) is 0 Å². The van der Waals surface area contributed by atoms with Crippen LogP contribution in [0, 0.1) is 5.53 Å². The molecule has 3 N–H and O–H groups in total. The maximum atomic E-state index is 7.23. The summed E-state index contributed by atoms with van der Waals surface area (Å²) < 4.78 is 7.30. The van der Waals surface area contributed by atoms with Crippen LogP contribution in [0.1, 0.15) is 13.8 Å². The monoisotopic (exact) mass is 353 g/mol. The molecule has 0 aliphatic rings. The summed E-state index contributed by atoms with van der Waals surface area (Å²) in [7, 11) is 1.82. The standard InChI is InChI=1S/C18H23N7O/c1-12(2)26-9-7-21-18-22-11-17-14(6-8-25(17)24-18)13-4-5-15(23-19)16(10-13)20-3/h4-6,8,10-12,19-20H,7,9H2,1-3H3,(H,21,24). The van der Waals surface area contributed by atoms with Gasteiger partial charge in [0.25, 0.3) is 0 Å². The first-order chi connectivity index (χ1) is 12.6. The van der Waals surface area contributed by atoms with Crippen molar-refractivity contribution < 1.29 is 4.74 Å². The van der Waals surface area contributed by atoms with Crippen LogP contribution in [0.15, 0.2) is 41.8 Å². The minimum Gasteiger partial charge on any atom is -0.386 e. The maximum Gasteiger partial charge on any atom is 0.241 e. The van der Waals surface area contributed by atoms with Crippen molar-refractivity contribution in [3.63, 3.8) is 0 Å². The molecule has 0 aliphatic carbocycles. The molecule has 136 valence electrons. The first-order valence-corrected chi connectivity index (χ1v) is 8.52. The zero-order valence-electron chi connectivity index (χ0n) is 15.2. The van der Waals surface area contributed by atoms with Crippen LogP contribution in [-0.2, 0) is 4.74 Å². The number of nitrogens with one attached hydrogen (secondary N) is 3. The molecule has 0 fully saturated rings. The molecule has 0 spiro atoms. The van der Waals surface area contributed by atoms with Crippen molar-refractivity contribution >= 4 is 22.8 Å². The van der Waals surface area contributed by atoms with Gasteiger partial charge in [-0.1, -0.05) is 6.07 Å². The molecular weight excluding hydrogens is 330 g/mol. The van der Waals surface area contributed by atoms with Crippen LogP contribution in [0.5, 0.6) is 0 Å². The number of ether oxygens (including phenoxy) is 1. The minimum absolute atomic E-state index is 0.212. The van der Waals surface area contributed by atoms with Gasteiger partial charge in [0.1, 0.15) is 5.69 Å². The molecule has 0 bridgehead atoms. The van der Waals surface area contributed by atoms with E-state index in [2.05, 4.69) is 25.8 Å². The number of nitrogens with zero attached hydrogens (tertiary/aromatic N) is 4. The molecule has 0 amide bonds. The van der Waals surface area contributed by atoms with E-state index in [0.717, 1.165) is 22.3 Å². The summed E-state index contributed by atoms with van der Waals surface area (Å²) in [6.45, 7) is 5.28.